The van der Waals surface area contributed by atoms with Gasteiger partial charge in [0.1, 0.15) is 0 Å². The monoisotopic (exact) mass is 280 g/mol. The molecular weight excluding hydrogens is 263 g/mol. The van der Waals surface area contributed by atoms with Gasteiger partial charge in [0.05, 0.1) is 0 Å². The Morgan fingerprint density at radius 2 is 0.812 bits per heavy atom. The molecule has 0 fully saturated rings. The molecule has 2 unspecified atom stereocenters. The van der Waals surface area contributed by atoms with Gasteiger partial charge in [0.15, 0.2) is 12.2 Å². The number of carboxylic acid groups (broad SMARTS) is 2. The predicted molar refractivity (Wildman–Crippen MR) is 52.5 cm³/mol. The van der Waals surface area contributed by atoms with E-state index in [0.717, 1.165) is 0 Å². The Morgan fingerprint density at radius 1 is 0.688 bits per heavy atom. The van der Waals surface area contributed by atoms with Crippen LogP contribution in [-0.2, 0) is 9.59 Å². The molecule has 0 aromatic rings. The van der Waals surface area contributed by atoms with Crippen molar-refractivity contribution in [3.05, 3.63) is 0 Å². The number of carbonyl (C=O) groups is 2. The van der Waals surface area contributed by atoms with E-state index in [-0.39, 0.29) is 78.8 Å². The second-order valence-corrected chi connectivity index (χ2v) is 1.57. The van der Waals surface area contributed by atoms with Crippen molar-refractivity contribution in [1.29, 1.82) is 0 Å². The Hall–Kier alpha value is 0.296. The number of aliphatic hydroxyl groups is 2. The van der Waals surface area contributed by atoms with Gasteiger partial charge in [-0.05, 0) is 0 Å². The third-order valence-corrected chi connectivity index (χ3v) is 0.805. The Bertz CT molecular complexity index is 142. The maximum atomic E-state index is 9.77. The fourth-order valence-electron chi connectivity index (χ4n) is 0.270. The van der Waals surface area contributed by atoms with E-state index >= 15 is 0 Å². The van der Waals surface area contributed by atoms with Crippen molar-refractivity contribution in [1.82, 2.24) is 0 Å². The normalized spacial score (nSPS) is 9.88. The molecule has 0 bridgehead atoms. The summed E-state index contributed by atoms with van der Waals surface area (Å²) in [6.07, 6.45) is -4.53. The van der Waals surface area contributed by atoms with Crippen LogP contribution < -0.4 is 0 Å². The second-order valence-electron chi connectivity index (χ2n) is 1.57. The minimum atomic E-state index is -2.27. The van der Waals surface area contributed by atoms with Crippen LogP contribution in [0.3, 0.4) is 0 Å². The van der Waals surface area contributed by atoms with Crippen molar-refractivity contribution in [2.75, 3.05) is 0 Å². The van der Waals surface area contributed by atoms with Gasteiger partial charge in [-0.25, -0.2) is 9.59 Å². The molecule has 0 saturated heterocycles. The molecular formula is C4H17KO11. The third kappa shape index (κ3) is 16.7. The van der Waals surface area contributed by atoms with Crippen molar-refractivity contribution < 1.29 is 57.4 Å². The van der Waals surface area contributed by atoms with Gasteiger partial charge in [-0.3, -0.25) is 0 Å². The molecule has 0 saturated carbocycles. The number of hydrogen-bond donors (Lipinski definition) is 4. The van der Waals surface area contributed by atoms with Crippen LogP contribution in [0.1, 0.15) is 0 Å². The van der Waals surface area contributed by atoms with Gasteiger partial charge >= 0.3 is 63.3 Å². The third-order valence-electron chi connectivity index (χ3n) is 0.805. The van der Waals surface area contributed by atoms with E-state index in [0.29, 0.717) is 0 Å². The molecule has 0 rings (SSSR count). The SMILES string of the molecule is O.O.O.O.O.O=C(O)C(O)C(O)C(=O)O.[KH]. The van der Waals surface area contributed by atoms with E-state index in [2.05, 4.69) is 0 Å². The molecule has 0 aliphatic heterocycles. The van der Waals surface area contributed by atoms with Crippen LogP contribution >= 0.6 is 0 Å². The molecule has 14 N–H and O–H groups in total. The van der Waals surface area contributed by atoms with E-state index in [1.165, 1.54) is 0 Å². The van der Waals surface area contributed by atoms with E-state index in [1.54, 1.807) is 0 Å². The Kier molecular flexibility index (Phi) is 57.0. The van der Waals surface area contributed by atoms with Crippen LogP contribution in [0.5, 0.6) is 0 Å². The van der Waals surface area contributed by atoms with Crippen LogP contribution in [0.2, 0.25) is 0 Å². The number of rotatable bonds is 3. The van der Waals surface area contributed by atoms with Crippen LogP contribution in [0.4, 0.5) is 0 Å². The summed E-state index contributed by atoms with van der Waals surface area (Å²) < 4.78 is 0. The van der Waals surface area contributed by atoms with E-state index in [9.17, 15) is 9.59 Å². The summed E-state index contributed by atoms with van der Waals surface area (Å²) in [6, 6.07) is 0. The molecule has 100 valence electrons. The molecule has 16 heavy (non-hydrogen) atoms. The first-order valence-corrected chi connectivity index (χ1v) is 2.28. The van der Waals surface area contributed by atoms with Crippen LogP contribution in [0, 0.1) is 0 Å². The Morgan fingerprint density at radius 3 is 0.875 bits per heavy atom. The standard InChI is InChI=1S/C4H6O6.K.5H2O.H/c5-1(3(7)8)2(6)4(9)10;;;;;;;/h1-2,5-6H,(H,7,8)(H,9,10);;5*1H2;. The van der Waals surface area contributed by atoms with Gasteiger partial charge < -0.3 is 47.8 Å². The second kappa shape index (κ2) is 20.7. The van der Waals surface area contributed by atoms with E-state index < -0.39 is 24.1 Å². The number of carboxylic acids is 2. The van der Waals surface area contributed by atoms with Gasteiger partial charge in [-0.2, -0.15) is 0 Å². The fraction of sp³-hybridized carbons (Fsp3) is 0.500. The molecule has 0 heterocycles. The van der Waals surface area contributed by atoms with Gasteiger partial charge in [-0.1, -0.05) is 0 Å². The fourth-order valence-corrected chi connectivity index (χ4v) is 0.270. The first kappa shape index (κ1) is 44.1. The first-order chi connectivity index (χ1) is 4.46. The van der Waals surface area contributed by atoms with Gasteiger partial charge in [-0.15, -0.1) is 0 Å². The zero-order valence-electron chi connectivity index (χ0n) is 7.26. The van der Waals surface area contributed by atoms with Crippen molar-refractivity contribution in [3.63, 3.8) is 0 Å². The van der Waals surface area contributed by atoms with E-state index in [4.69, 9.17) is 20.4 Å². The van der Waals surface area contributed by atoms with Crippen molar-refractivity contribution in [3.8, 4) is 0 Å². The summed E-state index contributed by atoms with van der Waals surface area (Å²) in [5, 5.41) is 32.5. The van der Waals surface area contributed by atoms with Gasteiger partial charge in [0, 0.05) is 0 Å². The molecule has 0 aliphatic rings. The quantitative estimate of drug-likeness (QED) is 0.364. The van der Waals surface area contributed by atoms with Gasteiger partial charge in [0.2, 0.25) is 0 Å². The first-order valence-electron chi connectivity index (χ1n) is 2.28. The van der Waals surface area contributed by atoms with E-state index in [1.807, 2.05) is 0 Å². The summed E-state index contributed by atoms with van der Waals surface area (Å²) in [4.78, 5) is 19.5. The number of aliphatic hydroxyl groups excluding tert-OH is 2. The average Bonchev–Trinajstić information content (AvgIpc) is 1.84. The topological polar surface area (TPSA) is 273 Å². The van der Waals surface area contributed by atoms with Crippen molar-refractivity contribution in [2.45, 2.75) is 12.2 Å². The van der Waals surface area contributed by atoms with Crippen LogP contribution in [0.25, 0.3) is 0 Å². The minimum absolute atomic E-state index is 0. The molecule has 2 atom stereocenters. The molecule has 0 radical (unpaired) electrons. The zero-order valence-corrected chi connectivity index (χ0v) is 7.26. The van der Waals surface area contributed by atoms with Crippen LogP contribution in [-0.4, -0.2) is 123 Å². The summed E-state index contributed by atoms with van der Waals surface area (Å²) in [5.41, 5.74) is 0. The molecule has 0 aliphatic carbocycles. The van der Waals surface area contributed by atoms with Crippen molar-refractivity contribution >= 4 is 63.3 Å². The number of hydrogen-bond acceptors (Lipinski definition) is 4. The molecule has 0 aromatic carbocycles. The molecule has 0 amide bonds. The Labute approximate surface area is 132 Å². The maximum absolute atomic E-state index is 9.77. The average molecular weight is 280 g/mol. The summed E-state index contributed by atoms with van der Waals surface area (Å²) in [6.45, 7) is 0. The zero-order chi connectivity index (χ0) is 8.31. The molecule has 0 aromatic heterocycles. The van der Waals surface area contributed by atoms with Crippen molar-refractivity contribution in [2.24, 2.45) is 0 Å². The predicted octanol–water partition coefficient (Wildman–Crippen LogP) is -6.89. The summed E-state index contributed by atoms with van der Waals surface area (Å²) in [7, 11) is 0. The van der Waals surface area contributed by atoms with Gasteiger partial charge in [0.25, 0.3) is 0 Å². The summed E-state index contributed by atoms with van der Waals surface area (Å²) >= 11 is 0. The molecule has 12 heteroatoms. The molecule has 0 spiro atoms. The number of aliphatic carboxylic acids is 2. The van der Waals surface area contributed by atoms with Crippen LogP contribution in [0.15, 0.2) is 0 Å². The Balaban J connectivity index is -0.0000000270. The summed E-state index contributed by atoms with van der Waals surface area (Å²) in [5.74, 6) is -3.54. The molecule has 11 nitrogen and oxygen atoms in total.